The first-order valence-corrected chi connectivity index (χ1v) is 6.94. The van der Waals surface area contributed by atoms with Gasteiger partial charge < -0.3 is 4.74 Å². The van der Waals surface area contributed by atoms with Crippen LogP contribution in [-0.4, -0.2) is 39.3 Å². The van der Waals surface area contributed by atoms with Gasteiger partial charge in [-0.05, 0) is 18.2 Å². The van der Waals surface area contributed by atoms with Crippen LogP contribution in [0.25, 0.3) is 0 Å². The summed E-state index contributed by atoms with van der Waals surface area (Å²) in [6.45, 7) is -0.408. The summed E-state index contributed by atoms with van der Waals surface area (Å²) in [5, 5.41) is 0.246. The summed E-state index contributed by atoms with van der Waals surface area (Å²) in [4.78, 5) is 11.0. The van der Waals surface area contributed by atoms with Crippen molar-refractivity contribution >= 4 is 27.5 Å². The molecule has 0 saturated carbocycles. The Labute approximate surface area is 116 Å². The summed E-state index contributed by atoms with van der Waals surface area (Å²) in [7, 11) is -1.30. The van der Waals surface area contributed by atoms with Gasteiger partial charge in [-0.25, -0.2) is 14.3 Å². The molecule has 1 rings (SSSR count). The third-order valence-corrected chi connectivity index (χ3v) is 4.40. The van der Waals surface area contributed by atoms with E-state index in [1.54, 1.807) is 0 Å². The average Bonchev–Trinajstić information content (AvgIpc) is 2.38. The highest BCUT2D eigenvalue weighted by Gasteiger charge is 2.26. The van der Waals surface area contributed by atoms with Crippen molar-refractivity contribution in [2.75, 3.05) is 20.7 Å². The standard InChI is InChI=1S/C10H14ClN3O4S/c1-14(6-10(15)13-12)19(16,17)9-5-7(11)3-4-8(9)18-2/h3-5H,6,12H2,1-2H3,(H,13,15). The molecular weight excluding hydrogens is 294 g/mol. The van der Waals surface area contributed by atoms with E-state index in [4.69, 9.17) is 22.2 Å². The van der Waals surface area contributed by atoms with Gasteiger partial charge in [-0.3, -0.25) is 10.2 Å². The van der Waals surface area contributed by atoms with Gasteiger partial charge in [-0.1, -0.05) is 11.6 Å². The summed E-state index contributed by atoms with van der Waals surface area (Å²) in [5.74, 6) is 4.43. The van der Waals surface area contributed by atoms with Crippen LogP contribution in [0.2, 0.25) is 5.02 Å². The van der Waals surface area contributed by atoms with Crippen molar-refractivity contribution < 1.29 is 17.9 Å². The molecule has 0 aliphatic carbocycles. The van der Waals surface area contributed by atoms with Crippen LogP contribution >= 0.6 is 11.6 Å². The second kappa shape index (κ2) is 6.20. The van der Waals surface area contributed by atoms with Crippen LogP contribution in [0.3, 0.4) is 0 Å². The number of sulfonamides is 1. The quantitative estimate of drug-likeness (QED) is 0.451. The third kappa shape index (κ3) is 3.57. The van der Waals surface area contributed by atoms with Gasteiger partial charge in [0.2, 0.25) is 15.9 Å². The Morgan fingerprint density at radius 3 is 2.68 bits per heavy atom. The number of halogens is 1. The van der Waals surface area contributed by atoms with E-state index in [9.17, 15) is 13.2 Å². The number of carbonyl (C=O) groups excluding carboxylic acids is 1. The van der Waals surface area contributed by atoms with Crippen LogP contribution in [0, 0.1) is 0 Å². The largest absolute Gasteiger partial charge is 0.495 e. The molecule has 0 unspecified atom stereocenters. The lowest BCUT2D eigenvalue weighted by molar-refractivity contribution is -0.121. The molecule has 7 nitrogen and oxygen atoms in total. The first kappa shape index (κ1) is 15.7. The van der Waals surface area contributed by atoms with Gasteiger partial charge in [-0.2, -0.15) is 4.31 Å². The zero-order valence-corrected chi connectivity index (χ0v) is 12.0. The Bertz CT molecular complexity index is 576. The third-order valence-electron chi connectivity index (χ3n) is 2.34. The molecule has 0 saturated heterocycles. The molecule has 0 atom stereocenters. The number of likely N-dealkylation sites (N-methyl/N-ethyl adjacent to an activating group) is 1. The van der Waals surface area contributed by atoms with Crippen molar-refractivity contribution in [1.82, 2.24) is 9.73 Å². The van der Waals surface area contributed by atoms with Gasteiger partial charge in [0, 0.05) is 12.1 Å². The highest BCUT2D eigenvalue weighted by Crippen LogP contribution is 2.28. The van der Waals surface area contributed by atoms with E-state index in [1.165, 1.54) is 32.4 Å². The average molecular weight is 308 g/mol. The van der Waals surface area contributed by atoms with Gasteiger partial charge in [-0.15, -0.1) is 0 Å². The van der Waals surface area contributed by atoms with E-state index >= 15 is 0 Å². The summed E-state index contributed by atoms with van der Waals surface area (Å²) in [5.41, 5.74) is 1.86. The van der Waals surface area contributed by atoms with Gasteiger partial charge in [0.1, 0.15) is 10.6 Å². The van der Waals surface area contributed by atoms with Crippen LogP contribution < -0.4 is 16.0 Å². The number of nitrogens with one attached hydrogen (secondary N) is 1. The molecule has 1 aromatic rings. The van der Waals surface area contributed by atoms with Crippen LogP contribution in [-0.2, 0) is 14.8 Å². The molecule has 0 fully saturated rings. The molecule has 0 aliphatic heterocycles. The number of carbonyl (C=O) groups is 1. The van der Waals surface area contributed by atoms with Crippen LogP contribution in [0.5, 0.6) is 5.75 Å². The maximum atomic E-state index is 12.3. The van der Waals surface area contributed by atoms with E-state index in [-0.39, 0.29) is 15.7 Å². The SMILES string of the molecule is COc1ccc(Cl)cc1S(=O)(=O)N(C)CC(=O)NN. The number of benzene rings is 1. The highest BCUT2D eigenvalue weighted by molar-refractivity contribution is 7.89. The molecular formula is C10H14ClN3O4S. The molecule has 19 heavy (non-hydrogen) atoms. The number of hydrazine groups is 1. The Morgan fingerprint density at radius 2 is 2.16 bits per heavy atom. The molecule has 3 N–H and O–H groups in total. The van der Waals surface area contributed by atoms with E-state index in [1.807, 2.05) is 5.43 Å². The number of methoxy groups -OCH3 is 1. The molecule has 9 heteroatoms. The number of hydrogen-bond donors (Lipinski definition) is 2. The molecule has 1 amide bonds. The lowest BCUT2D eigenvalue weighted by atomic mass is 10.3. The fraction of sp³-hybridized carbons (Fsp3) is 0.300. The highest BCUT2D eigenvalue weighted by atomic mass is 35.5. The number of nitrogens with two attached hydrogens (primary N) is 1. The number of ether oxygens (including phenoxy) is 1. The molecule has 0 aliphatic rings. The molecule has 0 heterocycles. The van der Waals surface area contributed by atoms with Crippen LogP contribution in [0.4, 0.5) is 0 Å². The molecule has 0 aromatic heterocycles. The van der Waals surface area contributed by atoms with Crippen molar-refractivity contribution in [3.8, 4) is 5.75 Å². The van der Waals surface area contributed by atoms with Crippen LogP contribution in [0.1, 0.15) is 0 Å². The lowest BCUT2D eigenvalue weighted by Crippen LogP contribution is -2.41. The summed E-state index contributed by atoms with van der Waals surface area (Å²) >= 11 is 5.78. The van der Waals surface area contributed by atoms with Gasteiger partial charge >= 0.3 is 0 Å². The van der Waals surface area contributed by atoms with Gasteiger partial charge in [0.05, 0.1) is 13.7 Å². The van der Waals surface area contributed by atoms with Crippen molar-refractivity contribution in [3.63, 3.8) is 0 Å². The zero-order valence-electron chi connectivity index (χ0n) is 10.4. The number of rotatable bonds is 5. The van der Waals surface area contributed by atoms with E-state index in [0.717, 1.165) is 4.31 Å². The van der Waals surface area contributed by atoms with Gasteiger partial charge in [0.25, 0.3) is 0 Å². The van der Waals surface area contributed by atoms with Crippen molar-refractivity contribution in [1.29, 1.82) is 0 Å². The number of hydrogen-bond acceptors (Lipinski definition) is 5. The minimum absolute atomic E-state index is 0.116. The van der Waals surface area contributed by atoms with E-state index in [2.05, 4.69) is 0 Å². The normalized spacial score (nSPS) is 11.4. The molecule has 0 radical (unpaired) electrons. The zero-order chi connectivity index (χ0) is 14.6. The lowest BCUT2D eigenvalue weighted by Gasteiger charge is -2.18. The Balaban J connectivity index is 3.19. The fourth-order valence-electron chi connectivity index (χ4n) is 1.35. The number of nitrogens with zero attached hydrogens (tertiary/aromatic N) is 1. The minimum Gasteiger partial charge on any atom is -0.495 e. The van der Waals surface area contributed by atoms with Crippen molar-refractivity contribution in [2.24, 2.45) is 5.84 Å². The van der Waals surface area contributed by atoms with Crippen LogP contribution in [0.15, 0.2) is 23.1 Å². The fourth-order valence-corrected chi connectivity index (χ4v) is 2.89. The maximum absolute atomic E-state index is 12.3. The smallest absolute Gasteiger partial charge is 0.249 e. The maximum Gasteiger partial charge on any atom is 0.249 e. The topological polar surface area (TPSA) is 102 Å². The van der Waals surface area contributed by atoms with E-state index < -0.39 is 22.5 Å². The monoisotopic (exact) mass is 307 g/mol. The van der Waals surface area contributed by atoms with E-state index in [0.29, 0.717) is 0 Å². The Morgan fingerprint density at radius 1 is 1.53 bits per heavy atom. The second-order valence-corrected chi connectivity index (χ2v) is 6.07. The Hall–Kier alpha value is -1.35. The molecule has 106 valence electrons. The van der Waals surface area contributed by atoms with Gasteiger partial charge in [0.15, 0.2) is 0 Å². The minimum atomic E-state index is -3.90. The predicted octanol–water partition coefficient (Wildman–Crippen LogP) is -0.0410. The molecule has 0 bridgehead atoms. The number of amides is 1. The first-order chi connectivity index (χ1) is 8.82. The van der Waals surface area contributed by atoms with Crippen molar-refractivity contribution in [2.45, 2.75) is 4.90 Å². The Kier molecular flexibility index (Phi) is 5.12. The summed E-state index contributed by atoms with van der Waals surface area (Å²) < 4.78 is 30.4. The summed E-state index contributed by atoms with van der Waals surface area (Å²) in [6, 6.07) is 4.20. The molecule has 1 aromatic carbocycles. The van der Waals surface area contributed by atoms with Crippen molar-refractivity contribution in [3.05, 3.63) is 23.2 Å². The summed E-state index contributed by atoms with van der Waals surface area (Å²) in [6.07, 6.45) is 0. The second-order valence-electron chi connectivity index (χ2n) is 3.62. The molecule has 0 spiro atoms. The predicted molar refractivity (Wildman–Crippen MR) is 70.1 cm³/mol. The first-order valence-electron chi connectivity index (χ1n) is 5.12.